The van der Waals surface area contributed by atoms with Crippen LogP contribution < -0.4 is 10.1 Å². The summed E-state index contributed by atoms with van der Waals surface area (Å²) in [4.78, 5) is 14.5. The molecule has 1 spiro atoms. The standard InChI is InChI=1S/C19H26F2N2O4/c1-14-2-3-15(10-16(14)27-11-17(20)21)22-18(24)23-6-9-26-13-19(12-23)4-7-25-8-5-19/h2-3,10,17H,4-9,11-13H2,1H3,(H,22,24). The minimum absolute atomic E-state index is 0.0646. The highest BCUT2D eigenvalue weighted by Crippen LogP contribution is 2.33. The molecular weight excluding hydrogens is 358 g/mol. The monoisotopic (exact) mass is 384 g/mol. The van der Waals surface area contributed by atoms with Crippen LogP contribution in [0.4, 0.5) is 19.3 Å². The molecule has 0 atom stereocenters. The number of rotatable bonds is 4. The molecule has 2 heterocycles. The molecule has 2 aliphatic rings. The van der Waals surface area contributed by atoms with Crippen LogP contribution in [-0.4, -0.2) is 63.5 Å². The predicted molar refractivity (Wildman–Crippen MR) is 96.6 cm³/mol. The molecule has 0 saturated carbocycles. The van der Waals surface area contributed by atoms with E-state index in [0.717, 1.165) is 18.4 Å². The Morgan fingerprint density at radius 1 is 1.30 bits per heavy atom. The van der Waals surface area contributed by atoms with E-state index in [9.17, 15) is 13.6 Å². The predicted octanol–water partition coefficient (Wildman–Crippen LogP) is 3.30. The normalized spacial score (nSPS) is 19.8. The smallest absolute Gasteiger partial charge is 0.321 e. The van der Waals surface area contributed by atoms with Gasteiger partial charge in [-0.15, -0.1) is 0 Å². The fourth-order valence-corrected chi connectivity index (χ4v) is 3.46. The molecule has 0 radical (unpaired) electrons. The number of benzene rings is 1. The molecule has 0 aliphatic carbocycles. The Labute approximate surface area is 157 Å². The van der Waals surface area contributed by atoms with Gasteiger partial charge in [0.15, 0.2) is 0 Å². The molecule has 2 amide bonds. The van der Waals surface area contributed by atoms with Gasteiger partial charge in [0.25, 0.3) is 6.43 Å². The zero-order chi connectivity index (χ0) is 19.3. The van der Waals surface area contributed by atoms with E-state index in [0.29, 0.717) is 51.0 Å². The summed E-state index contributed by atoms with van der Waals surface area (Å²) in [6.45, 7) is 4.71. The van der Waals surface area contributed by atoms with Gasteiger partial charge in [-0.05, 0) is 31.4 Å². The van der Waals surface area contributed by atoms with Crippen molar-refractivity contribution >= 4 is 11.7 Å². The van der Waals surface area contributed by atoms with E-state index in [1.165, 1.54) is 0 Å². The second kappa shape index (κ2) is 8.84. The number of ether oxygens (including phenoxy) is 3. The average molecular weight is 384 g/mol. The number of alkyl halides is 2. The maximum atomic E-state index is 12.8. The van der Waals surface area contributed by atoms with Gasteiger partial charge in [0.1, 0.15) is 12.4 Å². The molecule has 8 heteroatoms. The van der Waals surface area contributed by atoms with Crippen LogP contribution in [0.2, 0.25) is 0 Å². The van der Waals surface area contributed by atoms with E-state index in [1.807, 2.05) is 0 Å². The summed E-state index contributed by atoms with van der Waals surface area (Å²) in [6.07, 6.45) is -0.810. The van der Waals surface area contributed by atoms with Crippen molar-refractivity contribution in [1.82, 2.24) is 4.90 Å². The van der Waals surface area contributed by atoms with Crippen LogP contribution in [0.1, 0.15) is 18.4 Å². The highest BCUT2D eigenvalue weighted by Gasteiger charge is 2.38. The van der Waals surface area contributed by atoms with Gasteiger partial charge >= 0.3 is 6.03 Å². The number of halogens is 2. The summed E-state index contributed by atoms with van der Waals surface area (Å²) in [5, 5.41) is 2.85. The van der Waals surface area contributed by atoms with Gasteiger partial charge in [-0.25, -0.2) is 13.6 Å². The van der Waals surface area contributed by atoms with E-state index in [4.69, 9.17) is 14.2 Å². The zero-order valence-corrected chi connectivity index (χ0v) is 15.5. The minimum atomic E-state index is -2.55. The van der Waals surface area contributed by atoms with Gasteiger partial charge in [0.2, 0.25) is 0 Å². The SMILES string of the molecule is Cc1ccc(NC(=O)N2CCOCC3(CCOCC3)C2)cc1OCC(F)F. The molecule has 0 bridgehead atoms. The van der Waals surface area contributed by atoms with Gasteiger partial charge in [0.05, 0.1) is 13.2 Å². The van der Waals surface area contributed by atoms with Gasteiger partial charge in [-0.3, -0.25) is 0 Å². The van der Waals surface area contributed by atoms with Crippen LogP contribution in [0.5, 0.6) is 5.75 Å². The fourth-order valence-electron chi connectivity index (χ4n) is 3.46. The lowest BCUT2D eigenvalue weighted by molar-refractivity contribution is -0.0292. The largest absolute Gasteiger partial charge is 0.487 e. The van der Waals surface area contributed by atoms with Crippen molar-refractivity contribution in [3.8, 4) is 5.75 Å². The number of anilines is 1. The number of aryl methyl sites for hydroxylation is 1. The lowest BCUT2D eigenvalue weighted by Gasteiger charge is -2.38. The first kappa shape index (κ1) is 19.8. The summed E-state index contributed by atoms with van der Waals surface area (Å²) < 4.78 is 41.1. The van der Waals surface area contributed by atoms with E-state index in [2.05, 4.69) is 5.32 Å². The van der Waals surface area contributed by atoms with Gasteiger partial charge in [-0.1, -0.05) is 6.07 Å². The van der Waals surface area contributed by atoms with Crippen LogP contribution in [0.15, 0.2) is 18.2 Å². The fraction of sp³-hybridized carbons (Fsp3) is 0.632. The van der Waals surface area contributed by atoms with Crippen molar-refractivity contribution in [2.24, 2.45) is 5.41 Å². The van der Waals surface area contributed by atoms with Gasteiger partial charge < -0.3 is 24.4 Å². The molecule has 1 N–H and O–H groups in total. The maximum Gasteiger partial charge on any atom is 0.321 e. The summed E-state index contributed by atoms with van der Waals surface area (Å²) in [7, 11) is 0. The molecule has 3 rings (SSSR count). The lowest BCUT2D eigenvalue weighted by atomic mass is 9.80. The highest BCUT2D eigenvalue weighted by atomic mass is 19.3. The van der Waals surface area contributed by atoms with Crippen molar-refractivity contribution in [3.05, 3.63) is 23.8 Å². The third kappa shape index (κ3) is 5.29. The molecule has 1 aromatic carbocycles. The third-order valence-corrected chi connectivity index (χ3v) is 5.08. The van der Waals surface area contributed by atoms with Crippen molar-refractivity contribution in [2.75, 3.05) is 51.4 Å². The number of nitrogens with zero attached hydrogens (tertiary/aromatic N) is 1. The molecule has 0 unspecified atom stereocenters. The van der Waals surface area contributed by atoms with Crippen molar-refractivity contribution in [3.63, 3.8) is 0 Å². The summed E-state index contributed by atoms with van der Waals surface area (Å²) in [6, 6.07) is 4.83. The number of carbonyl (C=O) groups excluding carboxylic acids is 1. The van der Waals surface area contributed by atoms with Crippen molar-refractivity contribution < 1.29 is 27.8 Å². The van der Waals surface area contributed by atoms with E-state index in [-0.39, 0.29) is 11.4 Å². The highest BCUT2D eigenvalue weighted by molar-refractivity contribution is 5.89. The Morgan fingerprint density at radius 2 is 2.07 bits per heavy atom. The number of nitrogens with one attached hydrogen (secondary N) is 1. The van der Waals surface area contributed by atoms with Crippen LogP contribution in [0, 0.1) is 12.3 Å². The second-order valence-corrected chi connectivity index (χ2v) is 7.20. The molecule has 150 valence electrons. The quantitative estimate of drug-likeness (QED) is 0.865. The molecule has 6 nitrogen and oxygen atoms in total. The number of urea groups is 1. The first-order valence-electron chi connectivity index (χ1n) is 9.20. The average Bonchev–Trinajstić information content (AvgIpc) is 2.85. The van der Waals surface area contributed by atoms with Gasteiger partial charge in [-0.2, -0.15) is 0 Å². The van der Waals surface area contributed by atoms with Crippen molar-refractivity contribution in [2.45, 2.75) is 26.2 Å². The lowest BCUT2D eigenvalue weighted by Crippen LogP contribution is -2.46. The van der Waals surface area contributed by atoms with Crippen LogP contribution in [-0.2, 0) is 9.47 Å². The molecule has 2 fully saturated rings. The maximum absolute atomic E-state index is 12.8. The molecule has 2 saturated heterocycles. The van der Waals surface area contributed by atoms with Crippen LogP contribution in [0.25, 0.3) is 0 Å². The Bertz CT molecular complexity index is 651. The topological polar surface area (TPSA) is 60.0 Å². The number of amides is 2. The molecular formula is C19H26F2N2O4. The first-order chi connectivity index (χ1) is 13.0. The first-order valence-corrected chi connectivity index (χ1v) is 9.20. The summed E-state index contributed by atoms with van der Waals surface area (Å²) in [5.41, 5.74) is 1.18. The van der Waals surface area contributed by atoms with Crippen molar-refractivity contribution in [1.29, 1.82) is 0 Å². The Hall–Kier alpha value is -1.93. The molecule has 1 aromatic rings. The Kier molecular flexibility index (Phi) is 6.49. The Balaban J connectivity index is 1.66. The number of carbonyl (C=O) groups is 1. The molecule has 2 aliphatic heterocycles. The minimum Gasteiger partial charge on any atom is -0.487 e. The van der Waals surface area contributed by atoms with Gasteiger partial charge in [0, 0.05) is 43.5 Å². The number of hydrogen-bond acceptors (Lipinski definition) is 4. The van der Waals surface area contributed by atoms with Crippen LogP contribution in [0.3, 0.4) is 0 Å². The third-order valence-electron chi connectivity index (χ3n) is 5.08. The number of hydrogen-bond donors (Lipinski definition) is 1. The van der Waals surface area contributed by atoms with Crippen LogP contribution >= 0.6 is 0 Å². The van der Waals surface area contributed by atoms with E-state index in [1.54, 1.807) is 30.0 Å². The van der Waals surface area contributed by atoms with E-state index < -0.39 is 13.0 Å². The second-order valence-electron chi connectivity index (χ2n) is 7.20. The summed E-state index contributed by atoms with van der Waals surface area (Å²) >= 11 is 0. The molecule has 27 heavy (non-hydrogen) atoms. The summed E-state index contributed by atoms with van der Waals surface area (Å²) in [5.74, 6) is 0.341. The zero-order valence-electron chi connectivity index (χ0n) is 15.5. The Morgan fingerprint density at radius 3 is 2.81 bits per heavy atom. The van der Waals surface area contributed by atoms with E-state index >= 15 is 0 Å². The molecule has 0 aromatic heterocycles.